The van der Waals surface area contributed by atoms with E-state index in [2.05, 4.69) is 5.32 Å². The molecule has 0 aliphatic carbocycles. The molecule has 0 fully saturated rings. The SMILES string of the molecule is CCC(Nc1cc(C(=O)O)cc([N+](=O)[O-])c1C)C(C)C. The van der Waals surface area contributed by atoms with Crippen LogP contribution in [0.25, 0.3) is 0 Å². The third-order valence-electron chi connectivity index (χ3n) is 3.41. The number of rotatable bonds is 6. The van der Waals surface area contributed by atoms with Crippen LogP contribution >= 0.6 is 0 Å². The summed E-state index contributed by atoms with van der Waals surface area (Å²) in [5.41, 5.74) is 0.714. The molecule has 6 heteroatoms. The van der Waals surface area contributed by atoms with Crippen molar-refractivity contribution < 1.29 is 14.8 Å². The molecule has 0 heterocycles. The van der Waals surface area contributed by atoms with E-state index >= 15 is 0 Å². The van der Waals surface area contributed by atoms with Crippen molar-refractivity contribution in [3.63, 3.8) is 0 Å². The van der Waals surface area contributed by atoms with E-state index in [-0.39, 0.29) is 17.3 Å². The van der Waals surface area contributed by atoms with E-state index in [4.69, 9.17) is 5.11 Å². The Labute approximate surface area is 118 Å². The number of carboxylic acid groups (broad SMARTS) is 1. The lowest BCUT2D eigenvalue weighted by atomic mass is 10.00. The summed E-state index contributed by atoms with van der Waals surface area (Å²) in [6, 6.07) is 2.69. The average molecular weight is 280 g/mol. The lowest BCUT2D eigenvalue weighted by Crippen LogP contribution is -2.25. The van der Waals surface area contributed by atoms with Crippen LogP contribution in [0.2, 0.25) is 0 Å². The van der Waals surface area contributed by atoms with Crippen molar-refractivity contribution in [3.05, 3.63) is 33.4 Å². The second-order valence-corrected chi connectivity index (χ2v) is 5.13. The maximum absolute atomic E-state index is 11.1. The van der Waals surface area contributed by atoms with Crippen LogP contribution in [0.1, 0.15) is 43.1 Å². The Kier molecular flexibility index (Phi) is 5.07. The van der Waals surface area contributed by atoms with Crippen LogP contribution in [0.15, 0.2) is 12.1 Å². The van der Waals surface area contributed by atoms with Gasteiger partial charge < -0.3 is 10.4 Å². The predicted octanol–water partition coefficient (Wildman–Crippen LogP) is 3.45. The van der Waals surface area contributed by atoms with Crippen LogP contribution in [-0.2, 0) is 0 Å². The summed E-state index contributed by atoms with van der Waals surface area (Å²) in [7, 11) is 0. The second-order valence-electron chi connectivity index (χ2n) is 5.13. The third-order valence-corrected chi connectivity index (χ3v) is 3.41. The highest BCUT2D eigenvalue weighted by atomic mass is 16.6. The molecule has 0 aliphatic rings. The summed E-state index contributed by atoms with van der Waals surface area (Å²) in [6.45, 7) is 7.74. The predicted molar refractivity (Wildman–Crippen MR) is 77.3 cm³/mol. The van der Waals surface area contributed by atoms with E-state index in [1.165, 1.54) is 6.07 Å². The van der Waals surface area contributed by atoms with Gasteiger partial charge in [-0.3, -0.25) is 10.1 Å². The number of carboxylic acids is 1. The van der Waals surface area contributed by atoms with E-state index in [9.17, 15) is 14.9 Å². The van der Waals surface area contributed by atoms with Gasteiger partial charge in [-0.15, -0.1) is 0 Å². The van der Waals surface area contributed by atoms with E-state index in [0.29, 0.717) is 17.2 Å². The zero-order valence-corrected chi connectivity index (χ0v) is 12.1. The number of hydrogen-bond donors (Lipinski definition) is 2. The third kappa shape index (κ3) is 3.46. The van der Waals surface area contributed by atoms with E-state index in [1.54, 1.807) is 6.92 Å². The Hall–Kier alpha value is -2.11. The van der Waals surface area contributed by atoms with Crippen molar-refractivity contribution in [2.75, 3.05) is 5.32 Å². The fourth-order valence-electron chi connectivity index (χ4n) is 2.10. The Morgan fingerprint density at radius 2 is 2.05 bits per heavy atom. The molecule has 0 aliphatic heterocycles. The van der Waals surface area contributed by atoms with Crippen LogP contribution in [0.4, 0.5) is 11.4 Å². The summed E-state index contributed by atoms with van der Waals surface area (Å²) in [6.07, 6.45) is 0.849. The highest BCUT2D eigenvalue weighted by Gasteiger charge is 2.21. The van der Waals surface area contributed by atoms with Crippen LogP contribution in [0.5, 0.6) is 0 Å². The minimum absolute atomic E-state index is 0.0802. The molecule has 2 N–H and O–H groups in total. The number of carbonyl (C=O) groups is 1. The van der Waals surface area contributed by atoms with Crippen LogP contribution in [-0.4, -0.2) is 22.0 Å². The van der Waals surface area contributed by atoms with Crippen LogP contribution in [0, 0.1) is 23.0 Å². The molecule has 0 radical (unpaired) electrons. The first-order chi connectivity index (χ1) is 9.27. The fourth-order valence-corrected chi connectivity index (χ4v) is 2.10. The van der Waals surface area contributed by atoms with Crippen molar-refractivity contribution in [1.29, 1.82) is 0 Å². The molecular formula is C14H20N2O4. The summed E-state index contributed by atoms with van der Waals surface area (Å²) >= 11 is 0. The number of nitro benzene ring substituents is 1. The first kappa shape index (κ1) is 15.9. The number of aromatic carboxylic acids is 1. The molecule has 20 heavy (non-hydrogen) atoms. The summed E-state index contributed by atoms with van der Waals surface area (Å²) in [4.78, 5) is 21.5. The minimum atomic E-state index is -1.17. The van der Waals surface area contributed by atoms with Crippen LogP contribution < -0.4 is 5.32 Å². The van der Waals surface area contributed by atoms with Crippen molar-refractivity contribution >= 4 is 17.3 Å². The molecule has 1 aromatic carbocycles. The van der Waals surface area contributed by atoms with E-state index in [0.717, 1.165) is 12.5 Å². The van der Waals surface area contributed by atoms with Gasteiger partial charge in [0, 0.05) is 23.4 Å². The van der Waals surface area contributed by atoms with E-state index < -0.39 is 10.9 Å². The molecular weight excluding hydrogens is 260 g/mol. The zero-order valence-electron chi connectivity index (χ0n) is 12.1. The van der Waals surface area contributed by atoms with Gasteiger partial charge >= 0.3 is 5.97 Å². The molecule has 1 atom stereocenters. The van der Waals surface area contributed by atoms with Gasteiger partial charge in [0.15, 0.2) is 0 Å². The Morgan fingerprint density at radius 3 is 2.45 bits per heavy atom. The molecule has 1 aromatic rings. The largest absolute Gasteiger partial charge is 0.478 e. The number of anilines is 1. The fraction of sp³-hybridized carbons (Fsp3) is 0.500. The van der Waals surface area contributed by atoms with Crippen molar-refractivity contribution in [2.24, 2.45) is 5.92 Å². The van der Waals surface area contributed by atoms with Gasteiger partial charge in [-0.2, -0.15) is 0 Å². The second kappa shape index (κ2) is 6.36. The van der Waals surface area contributed by atoms with Gasteiger partial charge in [-0.1, -0.05) is 20.8 Å². The monoisotopic (exact) mass is 280 g/mol. The lowest BCUT2D eigenvalue weighted by Gasteiger charge is -2.23. The van der Waals surface area contributed by atoms with Gasteiger partial charge in [0.25, 0.3) is 5.69 Å². The summed E-state index contributed by atoms with van der Waals surface area (Å²) in [5, 5.41) is 23.3. The number of nitro groups is 1. The number of hydrogen-bond acceptors (Lipinski definition) is 4. The Bertz CT molecular complexity index is 526. The highest BCUT2D eigenvalue weighted by Crippen LogP contribution is 2.29. The van der Waals surface area contributed by atoms with Crippen molar-refractivity contribution in [2.45, 2.75) is 40.2 Å². The first-order valence-electron chi connectivity index (χ1n) is 6.56. The molecule has 0 amide bonds. The van der Waals surface area contributed by atoms with E-state index in [1.807, 2.05) is 20.8 Å². The minimum Gasteiger partial charge on any atom is -0.478 e. The molecule has 0 saturated carbocycles. The summed E-state index contributed by atoms with van der Waals surface area (Å²) in [5.74, 6) is -0.833. The smallest absolute Gasteiger partial charge is 0.336 e. The molecule has 6 nitrogen and oxygen atoms in total. The lowest BCUT2D eigenvalue weighted by molar-refractivity contribution is -0.385. The normalized spacial score (nSPS) is 12.2. The van der Waals surface area contributed by atoms with Gasteiger partial charge in [0.05, 0.1) is 10.5 Å². The highest BCUT2D eigenvalue weighted by molar-refractivity contribution is 5.90. The molecule has 1 unspecified atom stereocenters. The van der Waals surface area contributed by atoms with Crippen LogP contribution in [0.3, 0.4) is 0 Å². The molecule has 0 bridgehead atoms. The van der Waals surface area contributed by atoms with Gasteiger partial charge in [-0.25, -0.2) is 4.79 Å². The summed E-state index contributed by atoms with van der Waals surface area (Å²) < 4.78 is 0. The number of nitrogens with zero attached hydrogens (tertiary/aromatic N) is 1. The van der Waals surface area contributed by atoms with Gasteiger partial charge in [0.2, 0.25) is 0 Å². The Balaban J connectivity index is 3.30. The molecule has 110 valence electrons. The molecule has 0 aromatic heterocycles. The average Bonchev–Trinajstić information content (AvgIpc) is 2.36. The van der Waals surface area contributed by atoms with Gasteiger partial charge in [0.1, 0.15) is 0 Å². The quantitative estimate of drug-likeness (QED) is 0.615. The standard InChI is InChI=1S/C14H20N2O4/c1-5-11(8(2)3)15-12-6-10(14(17)18)7-13(9(12)4)16(19)20/h6-8,11,15H,5H2,1-4H3,(H,17,18). The maximum Gasteiger partial charge on any atom is 0.336 e. The molecule has 0 spiro atoms. The topological polar surface area (TPSA) is 92.5 Å². The number of nitrogens with one attached hydrogen (secondary N) is 1. The molecule has 1 rings (SSSR count). The first-order valence-corrected chi connectivity index (χ1v) is 6.56. The number of benzene rings is 1. The van der Waals surface area contributed by atoms with Crippen molar-refractivity contribution in [3.8, 4) is 0 Å². The Morgan fingerprint density at radius 1 is 1.45 bits per heavy atom. The maximum atomic E-state index is 11.1. The van der Waals surface area contributed by atoms with Gasteiger partial charge in [-0.05, 0) is 25.3 Å². The van der Waals surface area contributed by atoms with Crippen molar-refractivity contribution in [1.82, 2.24) is 0 Å². The zero-order chi connectivity index (χ0) is 15.4. The molecule has 0 saturated heterocycles.